The maximum Gasteiger partial charge on any atom is 0.331 e. The zero-order chi connectivity index (χ0) is 45.1. The van der Waals surface area contributed by atoms with Crippen molar-refractivity contribution in [1.29, 1.82) is 0 Å². The number of esters is 2. The second kappa shape index (κ2) is 24.7. The number of amides is 2. The molecule has 0 spiro atoms. The van der Waals surface area contributed by atoms with E-state index < -0.39 is 23.9 Å². The van der Waals surface area contributed by atoms with Gasteiger partial charge in [-0.2, -0.15) is 0 Å². The summed E-state index contributed by atoms with van der Waals surface area (Å²) in [4.78, 5) is 72.2. The Balaban J connectivity index is 0.975. The van der Waals surface area contributed by atoms with Crippen molar-refractivity contribution in [3.05, 3.63) is 71.9 Å². The van der Waals surface area contributed by atoms with Gasteiger partial charge in [-0.15, -0.1) is 0 Å². The molecule has 342 valence electrons. The Hall–Kier alpha value is -4.82. The van der Waals surface area contributed by atoms with Crippen LogP contribution in [0, 0.1) is 11.8 Å². The number of rotatable bonds is 23. The quantitative estimate of drug-likeness (QED) is 0.0265. The van der Waals surface area contributed by atoms with Crippen LogP contribution in [0.2, 0.25) is 0 Å². The zero-order valence-corrected chi connectivity index (χ0v) is 36.7. The summed E-state index contributed by atoms with van der Waals surface area (Å²) in [7, 11) is 0. The molecule has 0 aromatic rings. The second-order valence-electron chi connectivity index (χ2n) is 17.5. The van der Waals surface area contributed by atoms with Crippen LogP contribution < -0.4 is 10.6 Å². The van der Waals surface area contributed by atoms with Gasteiger partial charge in [-0.1, -0.05) is 63.8 Å². The van der Waals surface area contributed by atoms with Crippen LogP contribution in [-0.2, 0) is 47.7 Å². The standard InChI is InChI=1S/C48H68N2O12/c1-33(45(55)56)37-19-17-35(15-13-25-47(3)39(29-37)61-47)31-59-43(53)23-21-41(51)49-27-11-9-7-5-6-8-10-12-28-50-42(52)22-24-44(54)60-32-36-16-14-26-48(4)40(62-48)30-38(20-18-36)34(2)46(57)58/h15-16,21-24,37-40H,1-2,5-14,17-20,25-32H2,3-4H3,(H,49,51)(H,50,52)(H,55,56)(H,57,58)/b23-21+,24-22+,35-15+,36-16+/t37-,38-,39+,40+,47-,48-/m1/s1. The molecule has 0 saturated carbocycles. The smallest absolute Gasteiger partial charge is 0.331 e. The fraction of sp³-hybridized carbons (Fsp3) is 0.625. The first-order valence-electron chi connectivity index (χ1n) is 22.4. The minimum Gasteiger partial charge on any atom is -0.478 e. The molecule has 2 saturated heterocycles. The van der Waals surface area contributed by atoms with E-state index in [0.717, 1.165) is 100 Å². The fourth-order valence-corrected chi connectivity index (χ4v) is 8.23. The molecule has 0 aromatic carbocycles. The monoisotopic (exact) mass is 864 g/mol. The summed E-state index contributed by atoms with van der Waals surface area (Å²) in [5.74, 6) is -4.43. The minimum atomic E-state index is -1.01. The van der Waals surface area contributed by atoms with E-state index in [4.69, 9.17) is 18.9 Å². The molecule has 2 fully saturated rings. The number of epoxide rings is 2. The lowest BCUT2D eigenvalue weighted by molar-refractivity contribution is -0.137. The Morgan fingerprint density at radius 2 is 1.02 bits per heavy atom. The number of carbonyl (C=O) groups excluding carboxylic acids is 4. The number of allylic oxidation sites excluding steroid dienone is 2. The number of aliphatic carboxylic acids is 2. The van der Waals surface area contributed by atoms with Crippen molar-refractivity contribution >= 4 is 35.7 Å². The van der Waals surface area contributed by atoms with E-state index in [-0.39, 0.29) is 71.4 Å². The number of ether oxygens (including phenoxy) is 4. The lowest BCUT2D eigenvalue weighted by Gasteiger charge is -2.19. The van der Waals surface area contributed by atoms with Crippen LogP contribution in [0.15, 0.2) is 71.9 Å². The summed E-state index contributed by atoms with van der Waals surface area (Å²) in [6.07, 6.45) is 23.2. The highest BCUT2D eigenvalue weighted by Gasteiger charge is 2.53. The molecule has 4 N–H and O–H groups in total. The molecule has 0 unspecified atom stereocenters. The lowest BCUT2D eigenvalue weighted by Crippen LogP contribution is -2.22. The number of unbranched alkanes of at least 4 members (excludes halogenated alkanes) is 7. The number of nitrogens with one attached hydrogen (secondary N) is 2. The Morgan fingerprint density at radius 1 is 0.645 bits per heavy atom. The van der Waals surface area contributed by atoms with Crippen LogP contribution in [0.25, 0.3) is 0 Å². The molecule has 2 heterocycles. The number of carboxylic acid groups (broad SMARTS) is 2. The van der Waals surface area contributed by atoms with Gasteiger partial charge in [-0.25, -0.2) is 19.2 Å². The molecule has 2 aliphatic heterocycles. The van der Waals surface area contributed by atoms with Crippen LogP contribution in [-0.4, -0.2) is 95.6 Å². The largest absolute Gasteiger partial charge is 0.478 e. The molecule has 2 aliphatic carbocycles. The molecule has 62 heavy (non-hydrogen) atoms. The predicted molar refractivity (Wildman–Crippen MR) is 233 cm³/mol. The number of hydrogen-bond acceptors (Lipinski definition) is 10. The van der Waals surface area contributed by atoms with Crippen LogP contribution in [0.4, 0.5) is 0 Å². The molecular weight excluding hydrogens is 797 g/mol. The molecule has 6 atom stereocenters. The minimum absolute atomic E-state index is 0.0327. The lowest BCUT2D eigenvalue weighted by atomic mass is 9.84. The molecule has 0 aromatic heterocycles. The first-order chi connectivity index (χ1) is 29.6. The highest BCUT2D eigenvalue weighted by atomic mass is 16.6. The van der Waals surface area contributed by atoms with Gasteiger partial charge in [0, 0.05) is 48.5 Å². The zero-order valence-electron chi connectivity index (χ0n) is 36.7. The van der Waals surface area contributed by atoms with Crippen molar-refractivity contribution in [2.24, 2.45) is 11.8 Å². The highest BCUT2D eigenvalue weighted by Crippen LogP contribution is 2.47. The second-order valence-corrected chi connectivity index (χ2v) is 17.5. The van der Waals surface area contributed by atoms with Gasteiger partial charge in [-0.3, -0.25) is 9.59 Å². The maximum absolute atomic E-state index is 12.3. The highest BCUT2D eigenvalue weighted by molar-refractivity contribution is 5.95. The van der Waals surface area contributed by atoms with Crippen molar-refractivity contribution in [2.75, 3.05) is 26.3 Å². The van der Waals surface area contributed by atoms with Crippen LogP contribution in [0.1, 0.15) is 129 Å². The van der Waals surface area contributed by atoms with E-state index >= 15 is 0 Å². The van der Waals surface area contributed by atoms with Crippen LogP contribution in [0.5, 0.6) is 0 Å². The third-order valence-corrected chi connectivity index (χ3v) is 12.6. The van der Waals surface area contributed by atoms with E-state index in [1.165, 1.54) is 12.2 Å². The van der Waals surface area contributed by atoms with Gasteiger partial charge in [0.25, 0.3) is 0 Å². The first kappa shape index (κ1) is 49.8. The van der Waals surface area contributed by atoms with Crippen molar-refractivity contribution in [3.8, 4) is 0 Å². The molecule has 4 rings (SSSR count). The van der Waals surface area contributed by atoms with Gasteiger partial charge in [0.15, 0.2) is 0 Å². The number of carboxylic acids is 2. The van der Waals surface area contributed by atoms with E-state index in [2.05, 4.69) is 23.8 Å². The molecule has 14 nitrogen and oxygen atoms in total. The Bertz CT molecular complexity index is 1640. The molecule has 0 bridgehead atoms. The number of carbonyl (C=O) groups is 6. The fourth-order valence-electron chi connectivity index (χ4n) is 8.23. The average molecular weight is 865 g/mol. The Kier molecular flexibility index (Phi) is 19.9. The van der Waals surface area contributed by atoms with Crippen molar-refractivity contribution in [2.45, 2.75) is 153 Å². The summed E-state index contributed by atoms with van der Waals surface area (Å²) in [5, 5.41) is 24.5. The molecule has 14 heteroatoms. The summed E-state index contributed by atoms with van der Waals surface area (Å²) in [5.41, 5.74) is 1.63. The van der Waals surface area contributed by atoms with E-state index in [0.29, 0.717) is 51.6 Å². The summed E-state index contributed by atoms with van der Waals surface area (Å²) in [6.45, 7) is 12.8. The maximum atomic E-state index is 12.3. The van der Waals surface area contributed by atoms with Crippen LogP contribution in [0.3, 0.4) is 0 Å². The van der Waals surface area contributed by atoms with Crippen molar-refractivity contribution < 1.29 is 57.9 Å². The van der Waals surface area contributed by atoms with E-state index in [9.17, 15) is 39.0 Å². The molecular formula is C48H68N2O12. The third-order valence-electron chi connectivity index (χ3n) is 12.6. The Labute approximate surface area is 366 Å². The summed E-state index contributed by atoms with van der Waals surface area (Å²) in [6, 6.07) is 0. The number of hydrogen-bond donors (Lipinski definition) is 4. The third kappa shape index (κ3) is 17.5. The summed E-state index contributed by atoms with van der Waals surface area (Å²) >= 11 is 0. The van der Waals surface area contributed by atoms with Gasteiger partial charge < -0.3 is 39.8 Å². The van der Waals surface area contributed by atoms with E-state index in [1.807, 2.05) is 26.0 Å². The van der Waals surface area contributed by atoms with Gasteiger partial charge in [-0.05, 0) is 114 Å². The topological polar surface area (TPSA) is 210 Å². The van der Waals surface area contributed by atoms with Gasteiger partial charge in [0.2, 0.25) is 11.8 Å². The van der Waals surface area contributed by atoms with Gasteiger partial charge >= 0.3 is 23.9 Å². The van der Waals surface area contributed by atoms with Gasteiger partial charge in [0.05, 0.1) is 23.4 Å². The van der Waals surface area contributed by atoms with E-state index in [1.54, 1.807) is 0 Å². The predicted octanol–water partition coefficient (Wildman–Crippen LogP) is 7.15. The average Bonchev–Trinajstić information content (AvgIpc) is 4.10. The van der Waals surface area contributed by atoms with Crippen LogP contribution >= 0.6 is 0 Å². The first-order valence-corrected chi connectivity index (χ1v) is 22.4. The number of fused-ring (bicyclic) bond motifs is 2. The SMILES string of the molecule is C=C(C(=O)O)[C@@H]1CC/C(COC(=O)/C=C/C(=O)NCCCCCCCCCCNC(=O)/C=C/C(=O)OC/C2=C/CC[C@@]3(C)O[C@H]3C[C@H](C(=C)C(=O)O)CC2)=C\CC[C@@]2(C)O[C@H]2C1. The normalized spacial score (nSPS) is 27.8. The molecule has 0 radical (unpaired) electrons. The summed E-state index contributed by atoms with van der Waals surface area (Å²) < 4.78 is 22.5. The Morgan fingerprint density at radius 3 is 1.39 bits per heavy atom. The van der Waals surface area contributed by atoms with Crippen molar-refractivity contribution in [3.63, 3.8) is 0 Å². The molecule has 4 aliphatic rings. The molecule has 2 amide bonds. The van der Waals surface area contributed by atoms with Crippen molar-refractivity contribution in [1.82, 2.24) is 10.6 Å². The van der Waals surface area contributed by atoms with Gasteiger partial charge in [0.1, 0.15) is 13.2 Å².